The SMILES string of the molecule is Cc1cc(N)c(O)c(-n2nc3ccccc3n2)c1. The lowest BCUT2D eigenvalue weighted by molar-refractivity contribution is 0.470. The van der Waals surface area contributed by atoms with Gasteiger partial charge in [-0.05, 0) is 36.8 Å². The summed E-state index contributed by atoms with van der Waals surface area (Å²) in [6.45, 7) is 1.91. The Kier molecular flexibility index (Phi) is 2.19. The van der Waals surface area contributed by atoms with Crippen LogP contribution in [0.5, 0.6) is 5.75 Å². The number of aromatic hydroxyl groups is 1. The topological polar surface area (TPSA) is 77.0 Å². The van der Waals surface area contributed by atoms with Gasteiger partial charge in [-0.3, -0.25) is 0 Å². The van der Waals surface area contributed by atoms with Gasteiger partial charge in [-0.15, -0.1) is 15.0 Å². The zero-order valence-corrected chi connectivity index (χ0v) is 9.83. The first-order chi connectivity index (χ1) is 8.65. The summed E-state index contributed by atoms with van der Waals surface area (Å²) in [7, 11) is 0. The minimum absolute atomic E-state index is 0.000839. The molecule has 0 unspecified atom stereocenters. The molecule has 0 amide bonds. The molecule has 0 aliphatic heterocycles. The molecule has 3 N–H and O–H groups in total. The minimum Gasteiger partial charge on any atom is -0.504 e. The number of benzene rings is 2. The van der Waals surface area contributed by atoms with Gasteiger partial charge in [0.05, 0.1) is 5.69 Å². The van der Waals surface area contributed by atoms with E-state index in [1.165, 1.54) is 4.80 Å². The number of phenols is 1. The molecule has 1 aromatic heterocycles. The Bertz CT molecular complexity index is 700. The summed E-state index contributed by atoms with van der Waals surface area (Å²) in [5.41, 5.74) is 9.04. The number of fused-ring (bicyclic) bond motifs is 1. The third-order valence-electron chi connectivity index (χ3n) is 2.77. The molecule has 1 heterocycles. The molecule has 0 saturated heterocycles. The minimum atomic E-state index is 0.000839. The Labute approximate surface area is 103 Å². The summed E-state index contributed by atoms with van der Waals surface area (Å²) in [5, 5.41) is 18.6. The summed E-state index contributed by atoms with van der Waals surface area (Å²) in [4.78, 5) is 1.41. The summed E-state index contributed by atoms with van der Waals surface area (Å²) in [5.74, 6) is 0.000839. The van der Waals surface area contributed by atoms with Crippen LogP contribution in [0.25, 0.3) is 16.7 Å². The van der Waals surface area contributed by atoms with Gasteiger partial charge in [0, 0.05) is 0 Å². The molecule has 0 fully saturated rings. The number of phenolic OH excluding ortho intramolecular Hbond substituents is 1. The highest BCUT2D eigenvalue weighted by Gasteiger charge is 2.11. The monoisotopic (exact) mass is 240 g/mol. The van der Waals surface area contributed by atoms with Gasteiger partial charge in [0.1, 0.15) is 16.7 Å². The predicted octanol–water partition coefficient (Wildman–Crippen LogP) is 2.02. The van der Waals surface area contributed by atoms with Crippen molar-refractivity contribution in [2.24, 2.45) is 0 Å². The van der Waals surface area contributed by atoms with Gasteiger partial charge in [-0.25, -0.2) is 0 Å². The van der Waals surface area contributed by atoms with E-state index in [0.717, 1.165) is 16.6 Å². The van der Waals surface area contributed by atoms with Crippen molar-refractivity contribution in [2.75, 3.05) is 5.73 Å². The van der Waals surface area contributed by atoms with Crippen molar-refractivity contribution in [2.45, 2.75) is 6.92 Å². The second kappa shape index (κ2) is 3.73. The smallest absolute Gasteiger partial charge is 0.166 e. The van der Waals surface area contributed by atoms with Crippen LogP contribution in [0, 0.1) is 6.92 Å². The van der Waals surface area contributed by atoms with Crippen molar-refractivity contribution in [1.29, 1.82) is 0 Å². The van der Waals surface area contributed by atoms with Crippen LogP contribution < -0.4 is 5.73 Å². The third-order valence-corrected chi connectivity index (χ3v) is 2.77. The molecule has 0 spiro atoms. The van der Waals surface area contributed by atoms with E-state index in [1.807, 2.05) is 31.2 Å². The van der Waals surface area contributed by atoms with Gasteiger partial charge in [-0.1, -0.05) is 12.1 Å². The van der Waals surface area contributed by atoms with Gasteiger partial charge in [0.15, 0.2) is 5.75 Å². The number of nitrogens with zero attached hydrogens (tertiary/aromatic N) is 3. The van der Waals surface area contributed by atoms with Crippen LogP contribution in [-0.4, -0.2) is 20.1 Å². The molecule has 3 rings (SSSR count). The molecule has 5 heteroatoms. The van der Waals surface area contributed by atoms with E-state index in [0.29, 0.717) is 11.4 Å². The van der Waals surface area contributed by atoms with E-state index in [2.05, 4.69) is 10.2 Å². The van der Waals surface area contributed by atoms with E-state index in [4.69, 9.17) is 5.73 Å². The lowest BCUT2D eigenvalue weighted by Crippen LogP contribution is -2.01. The lowest BCUT2D eigenvalue weighted by atomic mass is 10.2. The van der Waals surface area contributed by atoms with Crippen molar-refractivity contribution >= 4 is 16.7 Å². The predicted molar refractivity (Wildman–Crippen MR) is 69.7 cm³/mol. The molecule has 18 heavy (non-hydrogen) atoms. The fourth-order valence-electron chi connectivity index (χ4n) is 1.91. The molecule has 5 nitrogen and oxygen atoms in total. The highest BCUT2D eigenvalue weighted by atomic mass is 16.3. The number of rotatable bonds is 1. The summed E-state index contributed by atoms with van der Waals surface area (Å²) < 4.78 is 0. The van der Waals surface area contributed by atoms with Crippen LogP contribution >= 0.6 is 0 Å². The fourth-order valence-corrected chi connectivity index (χ4v) is 1.91. The molecule has 0 radical (unpaired) electrons. The maximum atomic E-state index is 9.97. The standard InChI is InChI=1S/C13H12N4O/c1-8-6-9(14)13(18)12(7-8)17-15-10-4-2-3-5-11(10)16-17/h2-7,18H,14H2,1H3. The van der Waals surface area contributed by atoms with Gasteiger partial charge >= 0.3 is 0 Å². The van der Waals surface area contributed by atoms with Crippen molar-refractivity contribution in [3.8, 4) is 11.4 Å². The number of aromatic nitrogens is 3. The largest absolute Gasteiger partial charge is 0.504 e. The molecule has 3 aromatic rings. The second-order valence-corrected chi connectivity index (χ2v) is 4.20. The van der Waals surface area contributed by atoms with Crippen LogP contribution in [0.2, 0.25) is 0 Å². The Morgan fingerprint density at radius 1 is 1.11 bits per heavy atom. The molecule has 0 aliphatic rings. The van der Waals surface area contributed by atoms with Gasteiger partial charge in [-0.2, -0.15) is 0 Å². The number of hydrogen-bond acceptors (Lipinski definition) is 4. The number of hydrogen-bond donors (Lipinski definition) is 2. The van der Waals surface area contributed by atoms with Crippen LogP contribution in [0.1, 0.15) is 5.56 Å². The zero-order chi connectivity index (χ0) is 12.7. The first-order valence-corrected chi connectivity index (χ1v) is 5.57. The van der Waals surface area contributed by atoms with Crippen molar-refractivity contribution in [1.82, 2.24) is 15.0 Å². The quantitative estimate of drug-likeness (QED) is 0.504. The highest BCUT2D eigenvalue weighted by Crippen LogP contribution is 2.29. The normalized spacial score (nSPS) is 10.9. The Hall–Kier alpha value is -2.56. The van der Waals surface area contributed by atoms with E-state index in [-0.39, 0.29) is 5.75 Å². The Balaban J connectivity index is 2.26. The molecule has 0 atom stereocenters. The van der Waals surface area contributed by atoms with Crippen LogP contribution in [-0.2, 0) is 0 Å². The van der Waals surface area contributed by atoms with E-state index < -0.39 is 0 Å². The number of aryl methyl sites for hydroxylation is 1. The average Bonchev–Trinajstić information content (AvgIpc) is 2.77. The van der Waals surface area contributed by atoms with Crippen molar-refractivity contribution in [3.63, 3.8) is 0 Å². The summed E-state index contributed by atoms with van der Waals surface area (Å²) in [6.07, 6.45) is 0. The Morgan fingerprint density at radius 3 is 2.33 bits per heavy atom. The summed E-state index contributed by atoms with van der Waals surface area (Å²) in [6, 6.07) is 11.0. The van der Waals surface area contributed by atoms with E-state index >= 15 is 0 Å². The molecular formula is C13H12N4O. The lowest BCUT2D eigenvalue weighted by Gasteiger charge is -2.07. The third kappa shape index (κ3) is 1.57. The van der Waals surface area contributed by atoms with Gasteiger partial charge < -0.3 is 10.8 Å². The van der Waals surface area contributed by atoms with Crippen molar-refractivity contribution < 1.29 is 5.11 Å². The van der Waals surface area contributed by atoms with Crippen LogP contribution in [0.3, 0.4) is 0 Å². The van der Waals surface area contributed by atoms with Crippen LogP contribution in [0.4, 0.5) is 5.69 Å². The summed E-state index contributed by atoms with van der Waals surface area (Å²) >= 11 is 0. The van der Waals surface area contributed by atoms with Crippen LogP contribution in [0.15, 0.2) is 36.4 Å². The molecule has 2 aromatic carbocycles. The number of nitrogen functional groups attached to an aromatic ring is 1. The molecule has 0 saturated carbocycles. The zero-order valence-electron chi connectivity index (χ0n) is 9.83. The molecule has 0 bridgehead atoms. The van der Waals surface area contributed by atoms with Gasteiger partial charge in [0.25, 0.3) is 0 Å². The highest BCUT2D eigenvalue weighted by molar-refractivity contribution is 5.74. The van der Waals surface area contributed by atoms with Crippen molar-refractivity contribution in [3.05, 3.63) is 42.0 Å². The van der Waals surface area contributed by atoms with E-state index in [9.17, 15) is 5.11 Å². The first-order valence-electron chi connectivity index (χ1n) is 5.57. The van der Waals surface area contributed by atoms with E-state index in [1.54, 1.807) is 12.1 Å². The van der Waals surface area contributed by atoms with Gasteiger partial charge in [0.2, 0.25) is 0 Å². The second-order valence-electron chi connectivity index (χ2n) is 4.20. The molecule has 90 valence electrons. The maximum Gasteiger partial charge on any atom is 0.166 e. The number of nitrogens with two attached hydrogens (primary N) is 1. The molecule has 0 aliphatic carbocycles. The first kappa shape index (κ1) is 10.6. The maximum absolute atomic E-state index is 9.97. The number of anilines is 1. The Morgan fingerprint density at radius 2 is 1.72 bits per heavy atom. The average molecular weight is 240 g/mol. The molecular weight excluding hydrogens is 228 g/mol. The fraction of sp³-hybridized carbons (Fsp3) is 0.0769.